The van der Waals surface area contributed by atoms with Crippen molar-refractivity contribution in [3.63, 3.8) is 0 Å². The second-order valence-corrected chi connectivity index (χ2v) is 8.81. The molecule has 166 valence electrons. The minimum Gasteiger partial charge on any atom is -0.497 e. The van der Waals surface area contributed by atoms with Crippen LogP contribution < -0.4 is 9.47 Å². The quantitative estimate of drug-likeness (QED) is 0.664. The number of hydrogen-bond acceptors (Lipinski definition) is 4. The van der Waals surface area contributed by atoms with Crippen LogP contribution >= 0.6 is 0 Å². The third-order valence-electron chi connectivity index (χ3n) is 6.69. The zero-order valence-electron chi connectivity index (χ0n) is 18.8. The maximum absolute atomic E-state index is 13.0. The van der Waals surface area contributed by atoms with Gasteiger partial charge in [0.1, 0.15) is 11.5 Å². The zero-order valence-corrected chi connectivity index (χ0v) is 18.8. The maximum atomic E-state index is 13.0. The van der Waals surface area contributed by atoms with E-state index in [9.17, 15) is 4.79 Å². The van der Waals surface area contributed by atoms with E-state index in [0.717, 1.165) is 38.9 Å². The molecular formula is C26H34N2O3. The topological polar surface area (TPSA) is 42.0 Å². The molecule has 0 unspecified atom stereocenters. The van der Waals surface area contributed by atoms with Crippen LogP contribution in [0.5, 0.6) is 11.5 Å². The van der Waals surface area contributed by atoms with Crippen LogP contribution in [0.2, 0.25) is 0 Å². The van der Waals surface area contributed by atoms with Crippen molar-refractivity contribution < 1.29 is 14.3 Å². The largest absolute Gasteiger partial charge is 0.497 e. The van der Waals surface area contributed by atoms with Gasteiger partial charge in [0.25, 0.3) is 5.91 Å². The SMILES string of the molecule is COc1ccc(C(=O)N2CCC(Cc3ccc(CN4CCCC4)cc3)CC2)c(OC)c1. The van der Waals surface area contributed by atoms with Crippen LogP contribution in [0.15, 0.2) is 42.5 Å². The molecule has 2 saturated heterocycles. The van der Waals surface area contributed by atoms with Crippen molar-refractivity contribution >= 4 is 5.91 Å². The Morgan fingerprint density at radius 2 is 1.58 bits per heavy atom. The molecule has 5 nitrogen and oxygen atoms in total. The highest BCUT2D eigenvalue weighted by molar-refractivity contribution is 5.97. The molecule has 0 N–H and O–H groups in total. The van der Waals surface area contributed by atoms with Crippen molar-refractivity contribution in [2.24, 2.45) is 5.92 Å². The fourth-order valence-electron chi connectivity index (χ4n) is 4.80. The summed E-state index contributed by atoms with van der Waals surface area (Å²) < 4.78 is 10.7. The maximum Gasteiger partial charge on any atom is 0.257 e. The Kier molecular flexibility index (Phi) is 7.13. The molecule has 0 aromatic heterocycles. The number of likely N-dealkylation sites (tertiary alicyclic amines) is 2. The molecule has 0 saturated carbocycles. The zero-order chi connectivity index (χ0) is 21.6. The number of amides is 1. The Hall–Kier alpha value is -2.53. The standard InChI is InChI=1S/C26H34N2O3/c1-30-23-9-10-24(25(18-23)31-2)26(29)28-15-11-21(12-16-28)17-20-5-7-22(8-6-20)19-27-13-3-4-14-27/h5-10,18,21H,3-4,11-17,19H2,1-2H3. The number of carbonyl (C=O) groups excluding carboxylic acids is 1. The van der Waals surface area contributed by atoms with Crippen molar-refractivity contribution in [1.29, 1.82) is 0 Å². The van der Waals surface area contributed by atoms with Gasteiger partial charge in [-0.3, -0.25) is 9.69 Å². The van der Waals surface area contributed by atoms with E-state index in [1.165, 1.54) is 37.1 Å². The second-order valence-electron chi connectivity index (χ2n) is 8.81. The van der Waals surface area contributed by atoms with Crippen LogP contribution in [0.4, 0.5) is 0 Å². The first-order chi connectivity index (χ1) is 15.2. The molecule has 31 heavy (non-hydrogen) atoms. The molecule has 0 bridgehead atoms. The molecule has 0 radical (unpaired) electrons. The van der Waals surface area contributed by atoms with Gasteiger partial charge in [0.15, 0.2) is 0 Å². The number of rotatable bonds is 7. The number of nitrogens with zero attached hydrogens (tertiary/aromatic N) is 2. The van der Waals surface area contributed by atoms with E-state index in [1.807, 2.05) is 11.0 Å². The highest BCUT2D eigenvalue weighted by Gasteiger charge is 2.26. The Bertz CT molecular complexity index is 867. The molecule has 0 aliphatic carbocycles. The average Bonchev–Trinajstić information content (AvgIpc) is 3.33. The van der Waals surface area contributed by atoms with Gasteiger partial charge < -0.3 is 14.4 Å². The van der Waals surface area contributed by atoms with Crippen molar-refractivity contribution in [3.05, 3.63) is 59.2 Å². The van der Waals surface area contributed by atoms with Crippen LogP contribution in [0.25, 0.3) is 0 Å². The number of benzene rings is 2. The highest BCUT2D eigenvalue weighted by atomic mass is 16.5. The van der Waals surface area contributed by atoms with Gasteiger partial charge in [0.05, 0.1) is 19.8 Å². The number of methoxy groups -OCH3 is 2. The van der Waals surface area contributed by atoms with Gasteiger partial charge in [-0.25, -0.2) is 0 Å². The van der Waals surface area contributed by atoms with Gasteiger partial charge in [0, 0.05) is 25.7 Å². The van der Waals surface area contributed by atoms with E-state index in [0.29, 0.717) is 23.0 Å². The molecule has 2 aromatic carbocycles. The van der Waals surface area contributed by atoms with Gasteiger partial charge in [0.2, 0.25) is 0 Å². The van der Waals surface area contributed by atoms with Crippen LogP contribution in [-0.4, -0.2) is 56.1 Å². The highest BCUT2D eigenvalue weighted by Crippen LogP contribution is 2.28. The first kappa shape index (κ1) is 21.7. The summed E-state index contributed by atoms with van der Waals surface area (Å²) in [6, 6.07) is 14.6. The molecule has 0 atom stereocenters. The van der Waals surface area contributed by atoms with Gasteiger partial charge in [-0.2, -0.15) is 0 Å². The lowest BCUT2D eigenvalue weighted by Crippen LogP contribution is -2.39. The number of ether oxygens (including phenoxy) is 2. The third-order valence-corrected chi connectivity index (χ3v) is 6.69. The van der Waals surface area contributed by atoms with E-state index < -0.39 is 0 Å². The van der Waals surface area contributed by atoms with E-state index >= 15 is 0 Å². The fraction of sp³-hybridized carbons (Fsp3) is 0.500. The molecule has 1 amide bonds. The summed E-state index contributed by atoms with van der Waals surface area (Å²) in [6.07, 6.45) is 5.85. The molecule has 5 heteroatoms. The molecule has 0 spiro atoms. The van der Waals surface area contributed by atoms with E-state index in [1.54, 1.807) is 26.4 Å². The lowest BCUT2D eigenvalue weighted by Gasteiger charge is -2.32. The molecule has 2 heterocycles. The predicted octanol–water partition coefficient (Wildman–Crippen LogP) is 4.39. The van der Waals surface area contributed by atoms with Crippen LogP contribution in [-0.2, 0) is 13.0 Å². The summed E-state index contributed by atoms with van der Waals surface area (Å²) >= 11 is 0. The Labute approximate surface area is 185 Å². The molecule has 2 aromatic rings. The Morgan fingerprint density at radius 1 is 0.903 bits per heavy atom. The normalized spacial score (nSPS) is 17.7. The monoisotopic (exact) mass is 422 g/mol. The Morgan fingerprint density at radius 3 is 2.23 bits per heavy atom. The first-order valence-electron chi connectivity index (χ1n) is 11.5. The lowest BCUT2D eigenvalue weighted by atomic mass is 9.89. The van der Waals surface area contributed by atoms with Crippen LogP contribution in [0.3, 0.4) is 0 Å². The van der Waals surface area contributed by atoms with E-state index in [-0.39, 0.29) is 5.91 Å². The summed E-state index contributed by atoms with van der Waals surface area (Å²) in [7, 11) is 3.20. The number of carbonyl (C=O) groups is 1. The molecule has 4 rings (SSSR count). The van der Waals surface area contributed by atoms with E-state index in [2.05, 4.69) is 29.2 Å². The number of hydrogen-bond donors (Lipinski definition) is 0. The second kappa shape index (κ2) is 10.2. The van der Waals surface area contributed by atoms with Gasteiger partial charge in [-0.1, -0.05) is 24.3 Å². The fourth-order valence-corrected chi connectivity index (χ4v) is 4.80. The minimum absolute atomic E-state index is 0.0456. The van der Waals surface area contributed by atoms with Gasteiger partial charge >= 0.3 is 0 Å². The van der Waals surface area contributed by atoms with Crippen molar-refractivity contribution in [2.75, 3.05) is 40.4 Å². The summed E-state index contributed by atoms with van der Waals surface area (Å²) in [5, 5.41) is 0. The lowest BCUT2D eigenvalue weighted by molar-refractivity contribution is 0.0687. The summed E-state index contributed by atoms with van der Waals surface area (Å²) in [5.74, 6) is 1.94. The summed E-state index contributed by atoms with van der Waals surface area (Å²) in [5.41, 5.74) is 3.43. The van der Waals surface area contributed by atoms with Crippen molar-refractivity contribution in [3.8, 4) is 11.5 Å². The average molecular weight is 423 g/mol. The molecule has 2 fully saturated rings. The summed E-state index contributed by atoms with van der Waals surface area (Å²) in [6.45, 7) is 5.15. The molecule has 2 aliphatic heterocycles. The van der Waals surface area contributed by atoms with Gasteiger partial charge in [-0.15, -0.1) is 0 Å². The minimum atomic E-state index is 0.0456. The van der Waals surface area contributed by atoms with Gasteiger partial charge in [-0.05, 0) is 74.4 Å². The predicted molar refractivity (Wildman–Crippen MR) is 123 cm³/mol. The smallest absolute Gasteiger partial charge is 0.257 e. The third kappa shape index (κ3) is 5.40. The van der Waals surface area contributed by atoms with Crippen molar-refractivity contribution in [1.82, 2.24) is 9.80 Å². The number of piperidine rings is 1. The van der Waals surface area contributed by atoms with Crippen LogP contribution in [0, 0.1) is 5.92 Å². The summed E-state index contributed by atoms with van der Waals surface area (Å²) in [4.78, 5) is 17.5. The first-order valence-corrected chi connectivity index (χ1v) is 11.5. The molecule has 2 aliphatic rings. The molecular weight excluding hydrogens is 388 g/mol. The van der Waals surface area contributed by atoms with Crippen molar-refractivity contribution in [2.45, 2.75) is 38.6 Å². The van der Waals surface area contributed by atoms with E-state index in [4.69, 9.17) is 9.47 Å². The Balaban J connectivity index is 1.29. The van der Waals surface area contributed by atoms with Crippen LogP contribution in [0.1, 0.15) is 47.2 Å².